The lowest BCUT2D eigenvalue weighted by Crippen LogP contribution is -2.27. The van der Waals surface area contributed by atoms with Crippen molar-refractivity contribution < 1.29 is 9.53 Å². The Hall–Kier alpha value is -1.56. The molecular weight excluding hydrogens is 208 g/mol. The van der Waals surface area contributed by atoms with E-state index in [-0.39, 0.29) is 30.7 Å². The number of carbonyl (C=O) groups excluding carboxylic acids is 1. The maximum absolute atomic E-state index is 10.9. The van der Waals surface area contributed by atoms with Crippen molar-refractivity contribution >= 4 is 29.9 Å². The summed E-state index contributed by atoms with van der Waals surface area (Å²) in [5.74, 6) is 1.22. The van der Waals surface area contributed by atoms with Crippen LogP contribution in [0.5, 0.6) is 5.75 Å². The van der Waals surface area contributed by atoms with Crippen LogP contribution in [0.1, 0.15) is 5.82 Å². The van der Waals surface area contributed by atoms with E-state index in [0.29, 0.717) is 17.4 Å². The predicted octanol–water partition coefficient (Wildman–Crippen LogP) is 0.120. The van der Waals surface area contributed by atoms with Crippen LogP contribution in [0.2, 0.25) is 0 Å². The highest BCUT2D eigenvalue weighted by molar-refractivity contribution is 5.95. The zero-order valence-corrected chi connectivity index (χ0v) is 8.22. The van der Waals surface area contributed by atoms with E-state index in [1.54, 1.807) is 6.92 Å². The second-order valence-electron chi connectivity index (χ2n) is 2.67. The first-order valence-corrected chi connectivity index (χ1v) is 3.73. The number of ether oxygens (including phenoxy) is 1. The minimum absolute atomic E-state index is 0. The van der Waals surface area contributed by atoms with Crippen molar-refractivity contribution in [1.29, 1.82) is 0 Å². The number of anilines is 2. The van der Waals surface area contributed by atoms with Crippen LogP contribution in [-0.2, 0) is 4.79 Å². The van der Waals surface area contributed by atoms with Crippen LogP contribution in [0.3, 0.4) is 0 Å². The Morgan fingerprint density at radius 3 is 2.93 bits per heavy atom. The van der Waals surface area contributed by atoms with Crippen LogP contribution in [0.4, 0.5) is 11.6 Å². The number of aryl methyl sites for hydroxylation is 1. The second-order valence-corrected chi connectivity index (χ2v) is 2.67. The van der Waals surface area contributed by atoms with Gasteiger partial charge in [0.15, 0.2) is 18.2 Å². The number of rotatable bonds is 0. The van der Waals surface area contributed by atoms with Gasteiger partial charge in [0.1, 0.15) is 5.82 Å². The van der Waals surface area contributed by atoms with Gasteiger partial charge in [0.05, 0.1) is 0 Å². The molecule has 2 heterocycles. The lowest BCUT2D eigenvalue weighted by Gasteiger charge is -2.17. The first-order chi connectivity index (χ1) is 6.16. The van der Waals surface area contributed by atoms with Crippen molar-refractivity contribution in [1.82, 2.24) is 9.97 Å². The first kappa shape index (κ1) is 10.5. The van der Waals surface area contributed by atoms with E-state index < -0.39 is 0 Å². The van der Waals surface area contributed by atoms with Crippen molar-refractivity contribution in [2.24, 2.45) is 0 Å². The predicted molar refractivity (Wildman–Crippen MR) is 52.6 cm³/mol. The average molecular weight is 217 g/mol. The monoisotopic (exact) mass is 216 g/mol. The Kier molecular flexibility index (Phi) is 2.76. The molecule has 0 atom stereocenters. The summed E-state index contributed by atoms with van der Waals surface area (Å²) in [7, 11) is 0. The Morgan fingerprint density at radius 2 is 2.21 bits per heavy atom. The fourth-order valence-corrected chi connectivity index (χ4v) is 1.12. The van der Waals surface area contributed by atoms with Gasteiger partial charge in [0, 0.05) is 0 Å². The van der Waals surface area contributed by atoms with Gasteiger partial charge in [0.2, 0.25) is 5.75 Å². The van der Waals surface area contributed by atoms with Crippen molar-refractivity contribution in [3.63, 3.8) is 0 Å². The van der Waals surface area contributed by atoms with Crippen LogP contribution in [0.15, 0.2) is 0 Å². The summed E-state index contributed by atoms with van der Waals surface area (Å²) in [5.41, 5.74) is 5.56. The number of nitrogen functional groups attached to an aromatic ring is 1. The normalized spacial score (nSPS) is 13.4. The molecule has 0 aliphatic carbocycles. The van der Waals surface area contributed by atoms with Crippen LogP contribution >= 0.6 is 12.4 Å². The maximum atomic E-state index is 10.9. The van der Waals surface area contributed by atoms with Crippen molar-refractivity contribution in [2.75, 3.05) is 17.7 Å². The molecule has 1 aromatic heterocycles. The van der Waals surface area contributed by atoms with Crippen molar-refractivity contribution in [3.05, 3.63) is 5.82 Å². The lowest BCUT2D eigenvalue weighted by atomic mass is 10.4. The van der Waals surface area contributed by atoms with Gasteiger partial charge in [0.25, 0.3) is 5.91 Å². The highest BCUT2D eigenvalue weighted by Crippen LogP contribution is 2.29. The Morgan fingerprint density at radius 1 is 1.50 bits per heavy atom. The summed E-state index contributed by atoms with van der Waals surface area (Å²) in [6.07, 6.45) is 0. The van der Waals surface area contributed by atoms with Gasteiger partial charge >= 0.3 is 0 Å². The zero-order chi connectivity index (χ0) is 9.42. The van der Waals surface area contributed by atoms with Gasteiger partial charge in [-0.05, 0) is 6.92 Å². The number of nitrogens with one attached hydrogen (secondary N) is 1. The molecule has 0 spiro atoms. The van der Waals surface area contributed by atoms with Crippen LogP contribution in [0.25, 0.3) is 0 Å². The molecule has 2 rings (SSSR count). The van der Waals surface area contributed by atoms with E-state index in [9.17, 15) is 4.79 Å². The number of nitrogens with two attached hydrogens (primary N) is 1. The number of fused-ring (bicyclic) bond motifs is 1. The molecule has 0 fully saturated rings. The molecule has 0 radical (unpaired) electrons. The smallest absolute Gasteiger partial charge is 0.263 e. The molecule has 3 N–H and O–H groups in total. The molecule has 0 saturated heterocycles. The SMILES string of the molecule is Cc1nc(N)c2c(n1)NC(=O)CO2.Cl. The molecular formula is C7H9ClN4O2. The first-order valence-electron chi connectivity index (χ1n) is 3.73. The molecule has 7 heteroatoms. The van der Waals surface area contributed by atoms with E-state index >= 15 is 0 Å². The molecule has 0 saturated carbocycles. The topological polar surface area (TPSA) is 90.1 Å². The standard InChI is InChI=1S/C7H8N4O2.ClH/c1-3-9-6(8)5-7(10-3)11-4(12)2-13-5;/h2H2,1H3,(H3,8,9,10,11,12);1H. The Balaban J connectivity index is 0.000000980. The van der Waals surface area contributed by atoms with Gasteiger partial charge in [-0.25, -0.2) is 9.97 Å². The molecule has 1 aliphatic rings. The number of hydrogen-bond acceptors (Lipinski definition) is 5. The second kappa shape index (κ2) is 3.67. The minimum atomic E-state index is -0.231. The number of hydrogen-bond donors (Lipinski definition) is 2. The van der Waals surface area contributed by atoms with E-state index in [0.717, 1.165) is 0 Å². The van der Waals surface area contributed by atoms with E-state index in [1.807, 2.05) is 0 Å². The molecule has 1 aromatic rings. The third-order valence-electron chi connectivity index (χ3n) is 1.61. The zero-order valence-electron chi connectivity index (χ0n) is 7.40. The quantitative estimate of drug-likeness (QED) is 0.643. The Labute approximate surface area is 86.3 Å². The number of amides is 1. The number of halogens is 1. The van der Waals surface area contributed by atoms with Gasteiger partial charge in [-0.15, -0.1) is 12.4 Å². The van der Waals surface area contributed by atoms with Gasteiger partial charge < -0.3 is 15.8 Å². The Bertz CT molecular complexity index is 382. The molecule has 1 amide bonds. The highest BCUT2D eigenvalue weighted by Gasteiger charge is 2.20. The number of aromatic nitrogens is 2. The van der Waals surface area contributed by atoms with Crippen LogP contribution < -0.4 is 15.8 Å². The number of carbonyl (C=O) groups is 1. The molecule has 76 valence electrons. The summed E-state index contributed by atoms with van der Waals surface area (Å²) in [5, 5.41) is 2.55. The third-order valence-corrected chi connectivity index (χ3v) is 1.61. The van der Waals surface area contributed by atoms with Gasteiger partial charge in [-0.1, -0.05) is 0 Å². The molecule has 0 bridgehead atoms. The minimum Gasteiger partial charge on any atom is -0.476 e. The molecule has 6 nitrogen and oxygen atoms in total. The summed E-state index contributed by atoms with van der Waals surface area (Å²) in [6, 6.07) is 0. The maximum Gasteiger partial charge on any atom is 0.263 e. The largest absolute Gasteiger partial charge is 0.476 e. The van der Waals surface area contributed by atoms with Crippen molar-refractivity contribution in [2.45, 2.75) is 6.92 Å². The molecule has 1 aliphatic heterocycles. The molecule has 0 unspecified atom stereocenters. The lowest BCUT2D eigenvalue weighted by molar-refractivity contribution is -0.118. The van der Waals surface area contributed by atoms with E-state index in [2.05, 4.69) is 15.3 Å². The third kappa shape index (κ3) is 1.69. The fourth-order valence-electron chi connectivity index (χ4n) is 1.12. The van der Waals surface area contributed by atoms with Gasteiger partial charge in [-0.2, -0.15) is 0 Å². The van der Waals surface area contributed by atoms with Gasteiger partial charge in [-0.3, -0.25) is 4.79 Å². The molecule has 0 aromatic carbocycles. The van der Waals surface area contributed by atoms with Crippen LogP contribution in [0, 0.1) is 6.92 Å². The van der Waals surface area contributed by atoms with E-state index in [1.165, 1.54) is 0 Å². The summed E-state index contributed by atoms with van der Waals surface area (Å²) < 4.78 is 5.06. The summed E-state index contributed by atoms with van der Waals surface area (Å²) in [6.45, 7) is 1.65. The van der Waals surface area contributed by atoms with Crippen molar-refractivity contribution in [3.8, 4) is 5.75 Å². The van der Waals surface area contributed by atoms with E-state index in [4.69, 9.17) is 10.5 Å². The average Bonchev–Trinajstić information content (AvgIpc) is 2.02. The summed E-state index contributed by atoms with van der Waals surface area (Å²) >= 11 is 0. The number of nitrogens with zero attached hydrogens (tertiary/aromatic N) is 2. The highest BCUT2D eigenvalue weighted by atomic mass is 35.5. The van der Waals surface area contributed by atoms with Crippen LogP contribution in [-0.4, -0.2) is 22.5 Å². The summed E-state index contributed by atoms with van der Waals surface area (Å²) in [4.78, 5) is 18.8. The molecule has 14 heavy (non-hydrogen) atoms. The fraction of sp³-hybridized carbons (Fsp3) is 0.286.